The Labute approximate surface area is 130 Å². The quantitative estimate of drug-likeness (QED) is 0.419. The Morgan fingerprint density at radius 1 is 1.23 bits per heavy atom. The van der Waals surface area contributed by atoms with Gasteiger partial charge in [-0.3, -0.25) is 4.79 Å². The van der Waals surface area contributed by atoms with Gasteiger partial charge in [-0.05, 0) is 43.6 Å². The number of carbonyl (C=O) groups is 1. The van der Waals surface area contributed by atoms with Gasteiger partial charge in [0.15, 0.2) is 17.8 Å². The molecule has 1 fully saturated rings. The topological polar surface area (TPSA) is 68.2 Å². The van der Waals surface area contributed by atoms with Crippen LogP contribution >= 0.6 is 0 Å². The van der Waals surface area contributed by atoms with Crippen LogP contribution in [0.25, 0.3) is 0 Å². The van der Waals surface area contributed by atoms with Gasteiger partial charge >= 0.3 is 0 Å². The van der Waals surface area contributed by atoms with Crippen LogP contribution in [0.5, 0.6) is 11.5 Å². The highest BCUT2D eigenvalue weighted by Gasteiger charge is 2.13. The van der Waals surface area contributed by atoms with Crippen LogP contribution in [-0.2, 0) is 0 Å². The molecule has 1 aromatic carbocycles. The molecule has 0 bridgehead atoms. The van der Waals surface area contributed by atoms with E-state index in [2.05, 4.69) is 10.1 Å². The van der Waals surface area contributed by atoms with Gasteiger partial charge in [0, 0.05) is 18.2 Å². The molecule has 0 amide bonds. The molecule has 1 heterocycles. The van der Waals surface area contributed by atoms with E-state index in [0.717, 1.165) is 26.1 Å². The minimum absolute atomic E-state index is 0.0711. The molecule has 0 N–H and O–H groups in total. The summed E-state index contributed by atoms with van der Waals surface area (Å²) in [5, 5.41) is 2.85. The molecule has 6 nitrogen and oxygen atoms in total. The first-order valence-corrected chi connectivity index (χ1v) is 7.64. The molecule has 1 aliphatic heterocycles. The molecular formula is C16H22N2O4. The van der Waals surface area contributed by atoms with E-state index in [0.29, 0.717) is 24.4 Å². The number of benzene rings is 1. The fraction of sp³-hybridized carbons (Fsp3) is 0.562. The second kappa shape index (κ2) is 8.48. The lowest BCUT2D eigenvalue weighted by Crippen LogP contribution is -2.31. The maximum Gasteiger partial charge on any atom is 0.163 e. The third-order valence-electron chi connectivity index (χ3n) is 3.86. The predicted octanol–water partition coefficient (Wildman–Crippen LogP) is 3.16. The minimum Gasteiger partial charge on any atom is -0.493 e. The van der Waals surface area contributed by atoms with E-state index in [4.69, 9.17) is 9.47 Å². The van der Waals surface area contributed by atoms with Crippen molar-refractivity contribution in [3.63, 3.8) is 0 Å². The van der Waals surface area contributed by atoms with E-state index in [-0.39, 0.29) is 11.3 Å². The number of likely N-dealkylation sites (tertiary alicyclic amines) is 1. The zero-order chi connectivity index (χ0) is 15.8. The van der Waals surface area contributed by atoms with Crippen molar-refractivity contribution in [2.75, 3.05) is 33.4 Å². The van der Waals surface area contributed by atoms with Gasteiger partial charge in [0.1, 0.15) is 5.69 Å². The van der Waals surface area contributed by atoms with Gasteiger partial charge in [0.05, 0.1) is 13.7 Å². The van der Waals surface area contributed by atoms with E-state index in [1.807, 2.05) is 0 Å². The van der Waals surface area contributed by atoms with E-state index in [1.165, 1.54) is 38.5 Å². The molecule has 1 aromatic rings. The van der Waals surface area contributed by atoms with E-state index in [1.54, 1.807) is 0 Å². The number of ether oxygens (including phenoxy) is 2. The number of aldehydes is 1. The van der Waals surface area contributed by atoms with Gasteiger partial charge in [-0.25, -0.2) is 0 Å². The Hall–Kier alpha value is -1.95. The van der Waals surface area contributed by atoms with Crippen LogP contribution in [0.4, 0.5) is 5.69 Å². The minimum atomic E-state index is 0.0711. The third kappa shape index (κ3) is 4.27. The van der Waals surface area contributed by atoms with E-state index in [9.17, 15) is 9.70 Å². The zero-order valence-corrected chi connectivity index (χ0v) is 12.9. The fourth-order valence-corrected chi connectivity index (χ4v) is 2.66. The van der Waals surface area contributed by atoms with Gasteiger partial charge < -0.3 is 14.4 Å². The molecule has 6 heteroatoms. The van der Waals surface area contributed by atoms with Crippen LogP contribution in [-0.4, -0.2) is 44.5 Å². The van der Waals surface area contributed by atoms with Crippen LogP contribution in [0.15, 0.2) is 17.3 Å². The number of hydrogen-bond acceptors (Lipinski definition) is 6. The molecule has 22 heavy (non-hydrogen) atoms. The summed E-state index contributed by atoms with van der Waals surface area (Å²) >= 11 is 0. The first-order chi connectivity index (χ1) is 10.8. The maximum absolute atomic E-state index is 10.9. The third-order valence-corrected chi connectivity index (χ3v) is 3.86. The standard InChI is InChI=1S/C16H22N2O4/c1-21-15-10-13(12-19)14(17-20)11-16(15)22-9-5-8-18-6-3-2-4-7-18/h10-12H,2-9H2,1H3. The smallest absolute Gasteiger partial charge is 0.163 e. The average molecular weight is 306 g/mol. The van der Waals surface area contributed by atoms with Crippen molar-refractivity contribution in [2.24, 2.45) is 5.18 Å². The second-order valence-electron chi connectivity index (χ2n) is 5.38. The summed E-state index contributed by atoms with van der Waals surface area (Å²) in [6.07, 6.45) is 5.36. The van der Waals surface area contributed by atoms with Crippen molar-refractivity contribution in [2.45, 2.75) is 25.7 Å². The van der Waals surface area contributed by atoms with Crippen molar-refractivity contribution in [3.8, 4) is 11.5 Å². The number of nitrogens with zero attached hydrogens (tertiary/aromatic N) is 2. The number of methoxy groups -OCH3 is 1. The Morgan fingerprint density at radius 2 is 2.00 bits per heavy atom. The Kier molecular flexibility index (Phi) is 6.33. The molecule has 0 atom stereocenters. The summed E-state index contributed by atoms with van der Waals surface area (Å²) in [4.78, 5) is 24.1. The summed E-state index contributed by atoms with van der Waals surface area (Å²) in [6.45, 7) is 3.87. The highest BCUT2D eigenvalue weighted by atomic mass is 16.5. The molecule has 2 rings (SSSR count). The molecule has 1 aliphatic rings. The zero-order valence-electron chi connectivity index (χ0n) is 12.9. The molecule has 0 aliphatic carbocycles. The molecule has 120 valence electrons. The van der Waals surface area contributed by atoms with Crippen LogP contribution in [0, 0.1) is 4.91 Å². The van der Waals surface area contributed by atoms with Crippen molar-refractivity contribution in [3.05, 3.63) is 22.6 Å². The van der Waals surface area contributed by atoms with Gasteiger partial charge in [-0.1, -0.05) is 6.42 Å². The first kappa shape index (κ1) is 16.4. The lowest BCUT2D eigenvalue weighted by atomic mass is 10.1. The summed E-state index contributed by atoms with van der Waals surface area (Å²) < 4.78 is 10.9. The van der Waals surface area contributed by atoms with Gasteiger partial charge in [0.2, 0.25) is 0 Å². The molecule has 0 radical (unpaired) electrons. The molecule has 0 unspecified atom stereocenters. The second-order valence-corrected chi connectivity index (χ2v) is 5.38. The van der Waals surface area contributed by atoms with Crippen LogP contribution in [0.3, 0.4) is 0 Å². The number of carbonyl (C=O) groups excluding carboxylic acids is 1. The highest BCUT2D eigenvalue weighted by molar-refractivity contribution is 5.84. The average Bonchev–Trinajstić information content (AvgIpc) is 2.58. The van der Waals surface area contributed by atoms with Crippen molar-refractivity contribution in [1.29, 1.82) is 0 Å². The van der Waals surface area contributed by atoms with Gasteiger partial charge in [0.25, 0.3) is 0 Å². The Balaban J connectivity index is 1.90. The SMILES string of the molecule is COc1cc(C=O)c(N=O)cc1OCCCN1CCCCC1. The summed E-state index contributed by atoms with van der Waals surface area (Å²) in [5.41, 5.74) is 0.273. The largest absolute Gasteiger partial charge is 0.493 e. The summed E-state index contributed by atoms with van der Waals surface area (Å²) in [7, 11) is 1.50. The fourth-order valence-electron chi connectivity index (χ4n) is 2.66. The number of hydrogen-bond donors (Lipinski definition) is 0. The van der Waals surface area contributed by atoms with Crippen LogP contribution in [0.2, 0.25) is 0 Å². The van der Waals surface area contributed by atoms with Crippen molar-refractivity contribution in [1.82, 2.24) is 4.90 Å². The van der Waals surface area contributed by atoms with E-state index < -0.39 is 0 Å². The molecule has 0 saturated carbocycles. The normalized spacial score (nSPS) is 15.3. The monoisotopic (exact) mass is 306 g/mol. The maximum atomic E-state index is 10.9. The summed E-state index contributed by atoms with van der Waals surface area (Å²) in [5.74, 6) is 0.883. The van der Waals surface area contributed by atoms with Crippen molar-refractivity contribution >= 4 is 12.0 Å². The first-order valence-electron chi connectivity index (χ1n) is 7.64. The lowest BCUT2D eigenvalue weighted by molar-refractivity contribution is 0.112. The van der Waals surface area contributed by atoms with Gasteiger partial charge in [-0.15, -0.1) is 4.91 Å². The predicted molar refractivity (Wildman–Crippen MR) is 84.2 cm³/mol. The number of nitroso groups, excluding NO2 is 1. The Bertz CT molecular complexity index is 513. The molecular weight excluding hydrogens is 284 g/mol. The summed E-state index contributed by atoms with van der Waals surface area (Å²) in [6, 6.07) is 2.93. The molecule has 0 aromatic heterocycles. The van der Waals surface area contributed by atoms with Crippen LogP contribution < -0.4 is 9.47 Å². The number of rotatable bonds is 8. The van der Waals surface area contributed by atoms with Crippen LogP contribution in [0.1, 0.15) is 36.0 Å². The highest BCUT2D eigenvalue weighted by Crippen LogP contribution is 2.34. The van der Waals surface area contributed by atoms with Gasteiger partial charge in [-0.2, -0.15) is 0 Å². The molecule has 0 spiro atoms. The van der Waals surface area contributed by atoms with E-state index >= 15 is 0 Å². The molecule has 1 saturated heterocycles. The number of piperidine rings is 1. The van der Waals surface area contributed by atoms with Crippen molar-refractivity contribution < 1.29 is 14.3 Å². The Morgan fingerprint density at radius 3 is 2.64 bits per heavy atom. The lowest BCUT2D eigenvalue weighted by Gasteiger charge is -2.26.